The number of carboxylic acids is 1. The van der Waals surface area contributed by atoms with Crippen molar-refractivity contribution in [2.45, 2.75) is 6.42 Å². The fraction of sp³-hybridized carbons (Fsp3) is 0.0769. The average Bonchev–Trinajstić information content (AvgIpc) is 2.67. The second-order valence-electron chi connectivity index (χ2n) is 4.16. The van der Waals surface area contributed by atoms with Crippen LogP contribution in [0.2, 0.25) is 0 Å². The van der Waals surface area contributed by atoms with Crippen LogP contribution in [0.15, 0.2) is 33.5 Å². The van der Waals surface area contributed by atoms with Crippen molar-refractivity contribution in [2.75, 3.05) is 0 Å². The zero-order valence-electron chi connectivity index (χ0n) is 9.16. The lowest BCUT2D eigenvalue weighted by molar-refractivity contribution is 0.0695. The number of aromatic carboxylic acids is 1. The highest BCUT2D eigenvalue weighted by molar-refractivity contribution is 9.10. The third-order valence-electron chi connectivity index (χ3n) is 3.11. The number of carboxylic acid groups (broad SMARTS) is 1. The van der Waals surface area contributed by atoms with Gasteiger partial charge in [0, 0.05) is 16.5 Å². The monoisotopic (exact) mass is 305 g/mol. The highest BCUT2D eigenvalue weighted by Crippen LogP contribution is 2.38. The van der Waals surface area contributed by atoms with Crippen LogP contribution in [0.5, 0.6) is 0 Å². The van der Waals surface area contributed by atoms with Crippen LogP contribution in [0.3, 0.4) is 0 Å². The molecule has 1 aromatic heterocycles. The number of rotatable bonds is 1. The average molecular weight is 306 g/mol. The lowest BCUT2D eigenvalue weighted by Crippen LogP contribution is -2.18. The summed E-state index contributed by atoms with van der Waals surface area (Å²) in [5, 5.41) is 8.94. The molecule has 90 valence electrons. The fourth-order valence-corrected chi connectivity index (χ4v) is 2.78. The van der Waals surface area contributed by atoms with Crippen molar-refractivity contribution >= 4 is 21.9 Å². The molecule has 18 heavy (non-hydrogen) atoms. The number of aromatic nitrogens is 1. The van der Waals surface area contributed by atoms with Crippen LogP contribution < -0.4 is 5.56 Å². The zero-order valence-corrected chi connectivity index (χ0v) is 10.7. The standard InChI is InChI=1S/C13H8BrNO3/c14-10-3-1-2-7-8(10)4-6-5-9(13(17)18)12(16)15-11(6)7/h1-3,5H,4H2,(H,15,16)(H,17,18). The third-order valence-corrected chi connectivity index (χ3v) is 3.85. The van der Waals surface area contributed by atoms with Gasteiger partial charge in [-0.3, -0.25) is 4.79 Å². The van der Waals surface area contributed by atoms with Crippen LogP contribution in [0.1, 0.15) is 21.5 Å². The molecule has 0 fully saturated rings. The molecule has 2 N–H and O–H groups in total. The van der Waals surface area contributed by atoms with E-state index in [1.807, 2.05) is 18.2 Å². The van der Waals surface area contributed by atoms with Crippen LogP contribution >= 0.6 is 15.9 Å². The molecule has 0 atom stereocenters. The van der Waals surface area contributed by atoms with Gasteiger partial charge in [-0.15, -0.1) is 0 Å². The van der Waals surface area contributed by atoms with Gasteiger partial charge in [0.1, 0.15) is 5.56 Å². The first-order valence-electron chi connectivity index (χ1n) is 5.35. The van der Waals surface area contributed by atoms with Crippen LogP contribution in [-0.4, -0.2) is 16.1 Å². The Kier molecular flexibility index (Phi) is 2.38. The van der Waals surface area contributed by atoms with E-state index in [4.69, 9.17) is 5.11 Å². The molecule has 0 saturated carbocycles. The highest BCUT2D eigenvalue weighted by Gasteiger charge is 2.23. The number of hydrogen-bond acceptors (Lipinski definition) is 2. The molecule has 1 aromatic carbocycles. The molecule has 0 saturated heterocycles. The Labute approximate surface area is 110 Å². The summed E-state index contributed by atoms with van der Waals surface area (Å²) in [6.45, 7) is 0. The molecular weight excluding hydrogens is 298 g/mol. The molecule has 0 unspecified atom stereocenters. The van der Waals surface area contributed by atoms with E-state index in [1.54, 1.807) is 0 Å². The van der Waals surface area contributed by atoms with Gasteiger partial charge in [0.15, 0.2) is 0 Å². The third kappa shape index (κ3) is 1.51. The van der Waals surface area contributed by atoms with E-state index in [2.05, 4.69) is 20.9 Å². The van der Waals surface area contributed by atoms with Gasteiger partial charge < -0.3 is 10.1 Å². The van der Waals surface area contributed by atoms with E-state index in [0.29, 0.717) is 6.42 Å². The van der Waals surface area contributed by atoms with E-state index in [1.165, 1.54) is 6.07 Å². The minimum atomic E-state index is -1.20. The lowest BCUT2D eigenvalue weighted by atomic mass is 10.1. The van der Waals surface area contributed by atoms with Gasteiger partial charge >= 0.3 is 5.97 Å². The second kappa shape index (κ2) is 3.81. The van der Waals surface area contributed by atoms with Gasteiger partial charge in [0.25, 0.3) is 5.56 Å². The van der Waals surface area contributed by atoms with Crippen molar-refractivity contribution in [3.8, 4) is 11.3 Å². The topological polar surface area (TPSA) is 70.2 Å². The number of H-pyrrole nitrogens is 1. The molecule has 4 nitrogen and oxygen atoms in total. The maximum Gasteiger partial charge on any atom is 0.341 e. The summed E-state index contributed by atoms with van der Waals surface area (Å²) >= 11 is 3.46. The molecule has 0 spiro atoms. The van der Waals surface area contributed by atoms with Crippen LogP contribution in [0.25, 0.3) is 11.3 Å². The first kappa shape index (κ1) is 11.2. The Morgan fingerprint density at radius 2 is 2.17 bits per heavy atom. The quantitative estimate of drug-likeness (QED) is 0.725. The summed E-state index contributed by atoms with van der Waals surface area (Å²) in [4.78, 5) is 25.3. The van der Waals surface area contributed by atoms with Gasteiger partial charge in [-0.2, -0.15) is 0 Å². The van der Waals surface area contributed by atoms with Crippen LogP contribution in [0.4, 0.5) is 0 Å². The van der Waals surface area contributed by atoms with Gasteiger partial charge in [-0.05, 0) is 23.3 Å². The number of carbonyl (C=O) groups is 1. The SMILES string of the molecule is O=C(O)c1cc2c([nH]c1=O)-c1cccc(Br)c1C2. The minimum Gasteiger partial charge on any atom is -0.477 e. The smallest absolute Gasteiger partial charge is 0.341 e. The number of benzene rings is 1. The molecule has 3 rings (SSSR count). The molecule has 0 radical (unpaired) electrons. The molecule has 1 heterocycles. The summed E-state index contributed by atoms with van der Waals surface area (Å²) in [7, 11) is 0. The molecule has 1 aliphatic carbocycles. The summed E-state index contributed by atoms with van der Waals surface area (Å²) in [6.07, 6.45) is 0.628. The molecule has 5 heteroatoms. The number of hydrogen-bond donors (Lipinski definition) is 2. The largest absolute Gasteiger partial charge is 0.477 e. The first-order valence-corrected chi connectivity index (χ1v) is 6.14. The summed E-state index contributed by atoms with van der Waals surface area (Å²) < 4.78 is 0.967. The molecule has 0 aliphatic heterocycles. The Morgan fingerprint density at radius 3 is 2.89 bits per heavy atom. The number of fused-ring (bicyclic) bond motifs is 3. The Morgan fingerprint density at radius 1 is 1.39 bits per heavy atom. The predicted octanol–water partition coefficient (Wildman–Crippen LogP) is 2.41. The highest BCUT2D eigenvalue weighted by atomic mass is 79.9. The van der Waals surface area contributed by atoms with E-state index in [0.717, 1.165) is 26.9 Å². The summed E-state index contributed by atoms with van der Waals surface area (Å²) in [5.41, 5.74) is 2.82. The minimum absolute atomic E-state index is 0.210. The van der Waals surface area contributed by atoms with Gasteiger partial charge in [0.05, 0.1) is 5.69 Å². The lowest BCUT2D eigenvalue weighted by Gasteiger charge is -2.02. The van der Waals surface area contributed by atoms with Crippen molar-refractivity contribution in [3.05, 3.63) is 55.8 Å². The van der Waals surface area contributed by atoms with E-state index < -0.39 is 11.5 Å². The molecule has 2 aromatic rings. The molecule has 0 bridgehead atoms. The molecule has 0 amide bonds. The van der Waals surface area contributed by atoms with Crippen molar-refractivity contribution in [2.24, 2.45) is 0 Å². The van der Waals surface area contributed by atoms with Crippen molar-refractivity contribution < 1.29 is 9.90 Å². The molecule has 1 aliphatic rings. The van der Waals surface area contributed by atoms with Crippen molar-refractivity contribution in [1.29, 1.82) is 0 Å². The van der Waals surface area contributed by atoms with E-state index >= 15 is 0 Å². The van der Waals surface area contributed by atoms with Gasteiger partial charge in [-0.1, -0.05) is 28.1 Å². The number of pyridine rings is 1. The number of aromatic amines is 1. The van der Waals surface area contributed by atoms with E-state index in [-0.39, 0.29) is 5.56 Å². The van der Waals surface area contributed by atoms with Gasteiger partial charge in [0.2, 0.25) is 0 Å². The zero-order chi connectivity index (χ0) is 12.9. The Hall–Kier alpha value is -1.88. The maximum atomic E-state index is 11.7. The Bertz CT molecular complexity index is 734. The normalized spacial score (nSPS) is 12.1. The van der Waals surface area contributed by atoms with Crippen molar-refractivity contribution in [1.82, 2.24) is 4.98 Å². The van der Waals surface area contributed by atoms with Crippen LogP contribution in [0, 0.1) is 0 Å². The summed E-state index contributed by atoms with van der Waals surface area (Å²) in [6, 6.07) is 7.20. The number of nitrogens with one attached hydrogen (secondary N) is 1. The van der Waals surface area contributed by atoms with Gasteiger partial charge in [-0.25, -0.2) is 4.79 Å². The van der Waals surface area contributed by atoms with Crippen molar-refractivity contribution in [3.63, 3.8) is 0 Å². The first-order chi connectivity index (χ1) is 8.58. The Balaban J connectivity index is 2.28. The predicted molar refractivity (Wildman–Crippen MR) is 70.0 cm³/mol. The maximum absolute atomic E-state index is 11.7. The van der Waals surface area contributed by atoms with E-state index in [9.17, 15) is 9.59 Å². The summed E-state index contributed by atoms with van der Waals surface area (Å²) in [5.74, 6) is -1.20. The molecular formula is C13H8BrNO3. The second-order valence-corrected chi connectivity index (χ2v) is 5.01. The van der Waals surface area contributed by atoms with Crippen LogP contribution in [-0.2, 0) is 6.42 Å². The number of halogens is 1. The fourth-order valence-electron chi connectivity index (χ4n) is 2.27.